The molecule has 9 aromatic rings. The molecule has 9 rings (SSSR count). The predicted octanol–water partition coefficient (Wildman–Crippen LogP) is 9.89. The smallest absolute Gasteiger partial charge is 0.180 e. The van der Waals surface area contributed by atoms with Crippen LogP contribution in [-0.4, -0.2) is 24.6 Å². The Bertz CT molecular complexity index is 2530. The quantitative estimate of drug-likeness (QED) is 0.176. The Morgan fingerprint density at radius 1 is 0.646 bits per heavy atom. The number of rotatable bonds is 5. The third kappa shape index (κ3) is 4.90. The van der Waals surface area contributed by atoms with Crippen molar-refractivity contribution in [3.8, 4) is 56.6 Å². The zero-order valence-corrected chi connectivity index (χ0v) is 27.6. The molecule has 0 atom stereocenters. The maximum absolute atomic E-state index is 10.7. The van der Waals surface area contributed by atoms with Crippen molar-refractivity contribution in [2.75, 3.05) is 0 Å². The molecule has 0 amide bonds. The van der Waals surface area contributed by atoms with Crippen LogP contribution in [0.2, 0.25) is 0 Å². The van der Waals surface area contributed by atoms with E-state index in [0.29, 0.717) is 33.6 Å². The van der Waals surface area contributed by atoms with Crippen LogP contribution in [0.15, 0.2) is 150 Å². The van der Waals surface area contributed by atoms with Crippen molar-refractivity contribution < 1.29 is 30.6 Å². The number of hydrogen-bond acceptors (Lipinski definition) is 5. The summed E-state index contributed by atoms with van der Waals surface area (Å²) in [7, 11) is 0. The van der Waals surface area contributed by atoms with E-state index >= 15 is 0 Å². The number of para-hydroxylation sites is 1. The van der Waals surface area contributed by atoms with Crippen molar-refractivity contribution in [2.24, 2.45) is 0 Å². The summed E-state index contributed by atoms with van der Waals surface area (Å²) >= 11 is 0. The molecule has 3 aromatic heterocycles. The zero-order chi connectivity index (χ0) is 31.3. The minimum absolute atomic E-state index is 0. The van der Waals surface area contributed by atoms with E-state index in [9.17, 15) is 5.11 Å². The van der Waals surface area contributed by atoms with Crippen LogP contribution >= 0.6 is 0 Å². The van der Waals surface area contributed by atoms with E-state index in [4.69, 9.17) is 19.4 Å². The molecule has 0 saturated heterocycles. The largest absolute Gasteiger partial charge is 0.507 e. The first kappa shape index (κ1) is 29.6. The maximum Gasteiger partial charge on any atom is 0.180 e. The van der Waals surface area contributed by atoms with Crippen LogP contribution in [0.3, 0.4) is 0 Å². The first-order valence-electron chi connectivity index (χ1n) is 15.3. The van der Waals surface area contributed by atoms with Gasteiger partial charge in [0.2, 0.25) is 0 Å². The minimum Gasteiger partial charge on any atom is -0.507 e. The summed E-state index contributed by atoms with van der Waals surface area (Å²) in [5, 5.41) is 13.3. The SMILES string of the molecule is Oc1cccc2oc3cnc(-c4cn(-c5c(-c6ccccc6)cccc5-c5ccccc5)c(-c5cccc6ccc[c-]c56)n4)nc3c12.[Pt]. The van der Waals surface area contributed by atoms with Crippen molar-refractivity contribution in [1.29, 1.82) is 0 Å². The van der Waals surface area contributed by atoms with Crippen LogP contribution < -0.4 is 0 Å². The fourth-order valence-electron chi connectivity index (χ4n) is 6.40. The van der Waals surface area contributed by atoms with Crippen LogP contribution in [0.25, 0.3) is 83.7 Å². The standard InChI is InChI=1S/C41H25N4O2.Pt/c46-34-22-11-23-35-37(34)38-36(47-35)24-42-40(44-38)33-25-45(41(43-33)32-21-9-17-26-16-7-8-18-29(26)32)39-30(27-12-3-1-4-13-27)19-10-20-31(39)28-14-5-2-6-15-28;/h1-17,19-25,46H;/q-1;. The molecule has 6 nitrogen and oxygen atoms in total. The number of nitrogens with zero attached hydrogens (tertiary/aromatic N) is 4. The third-order valence-corrected chi connectivity index (χ3v) is 8.53. The van der Waals surface area contributed by atoms with E-state index in [0.717, 1.165) is 50.1 Å². The second kappa shape index (κ2) is 12.1. The van der Waals surface area contributed by atoms with Crippen LogP contribution in [0.1, 0.15) is 0 Å². The number of phenolic OH excluding ortho intramolecular Hbond substituents is 1. The van der Waals surface area contributed by atoms with Gasteiger partial charge in [-0.1, -0.05) is 109 Å². The van der Waals surface area contributed by atoms with Crippen LogP contribution in [0.5, 0.6) is 5.75 Å². The van der Waals surface area contributed by atoms with Gasteiger partial charge in [-0.25, -0.2) is 15.0 Å². The first-order chi connectivity index (χ1) is 23.2. The average molecular weight is 801 g/mol. The number of phenols is 1. The Kier molecular flexibility index (Phi) is 7.43. The van der Waals surface area contributed by atoms with Crippen LogP contribution in [0.4, 0.5) is 0 Å². The number of hydrogen-bond donors (Lipinski definition) is 1. The second-order valence-electron chi connectivity index (χ2n) is 11.4. The number of furan rings is 1. The van der Waals surface area contributed by atoms with Crippen molar-refractivity contribution in [2.45, 2.75) is 0 Å². The van der Waals surface area contributed by atoms with Crippen LogP contribution in [0, 0.1) is 6.07 Å². The number of fused-ring (bicyclic) bond motifs is 4. The van der Waals surface area contributed by atoms with Gasteiger partial charge in [0, 0.05) is 38.4 Å². The number of imidazole rings is 1. The zero-order valence-electron chi connectivity index (χ0n) is 25.3. The summed E-state index contributed by atoms with van der Waals surface area (Å²) < 4.78 is 8.12. The van der Waals surface area contributed by atoms with Gasteiger partial charge in [-0.15, -0.1) is 35.0 Å². The third-order valence-electron chi connectivity index (χ3n) is 8.53. The minimum atomic E-state index is 0. The van der Waals surface area contributed by atoms with E-state index in [-0.39, 0.29) is 26.8 Å². The monoisotopic (exact) mass is 800 g/mol. The Labute approximate surface area is 290 Å². The molecular formula is C41H25N4O2Pt-. The number of aromatic nitrogens is 4. The first-order valence-corrected chi connectivity index (χ1v) is 15.3. The molecule has 0 aliphatic rings. The fourth-order valence-corrected chi connectivity index (χ4v) is 6.40. The van der Waals surface area contributed by atoms with Crippen molar-refractivity contribution in [3.63, 3.8) is 0 Å². The summed E-state index contributed by atoms with van der Waals surface area (Å²) in [5.41, 5.74) is 8.37. The van der Waals surface area contributed by atoms with E-state index in [1.54, 1.807) is 18.3 Å². The molecule has 0 fully saturated rings. The van der Waals surface area contributed by atoms with E-state index in [1.165, 1.54) is 0 Å². The molecule has 0 bridgehead atoms. The molecular weight excluding hydrogens is 776 g/mol. The van der Waals surface area contributed by atoms with Gasteiger partial charge in [0.25, 0.3) is 0 Å². The topological polar surface area (TPSA) is 77.0 Å². The van der Waals surface area contributed by atoms with Crippen molar-refractivity contribution in [1.82, 2.24) is 19.5 Å². The average Bonchev–Trinajstić information content (AvgIpc) is 3.74. The van der Waals surface area contributed by atoms with Crippen molar-refractivity contribution >= 4 is 32.8 Å². The molecule has 0 aliphatic carbocycles. The normalized spacial score (nSPS) is 11.2. The predicted molar refractivity (Wildman–Crippen MR) is 186 cm³/mol. The van der Waals surface area contributed by atoms with E-state index in [2.05, 4.69) is 95.6 Å². The summed E-state index contributed by atoms with van der Waals surface area (Å²) in [4.78, 5) is 14.9. The Morgan fingerprint density at radius 2 is 1.31 bits per heavy atom. The molecule has 232 valence electrons. The van der Waals surface area contributed by atoms with Gasteiger partial charge in [0.15, 0.2) is 11.4 Å². The van der Waals surface area contributed by atoms with E-state index in [1.807, 2.05) is 42.6 Å². The van der Waals surface area contributed by atoms with Crippen molar-refractivity contribution in [3.05, 3.63) is 152 Å². The van der Waals surface area contributed by atoms with Gasteiger partial charge < -0.3 is 14.1 Å². The maximum atomic E-state index is 10.7. The molecule has 3 heterocycles. The van der Waals surface area contributed by atoms with E-state index < -0.39 is 0 Å². The van der Waals surface area contributed by atoms with Gasteiger partial charge in [-0.3, -0.25) is 0 Å². The van der Waals surface area contributed by atoms with Gasteiger partial charge >= 0.3 is 0 Å². The summed E-state index contributed by atoms with van der Waals surface area (Å²) in [6.07, 6.45) is 3.66. The Balaban J connectivity index is 0.00000336. The summed E-state index contributed by atoms with van der Waals surface area (Å²) in [5.74, 6) is 1.26. The Morgan fingerprint density at radius 3 is 2.06 bits per heavy atom. The second-order valence-corrected chi connectivity index (χ2v) is 11.4. The van der Waals surface area contributed by atoms with Gasteiger partial charge in [0.1, 0.15) is 28.4 Å². The molecule has 0 radical (unpaired) electrons. The molecule has 0 spiro atoms. The number of benzene rings is 6. The molecule has 0 unspecified atom stereocenters. The molecule has 1 N–H and O–H groups in total. The van der Waals surface area contributed by atoms with Crippen LogP contribution in [-0.2, 0) is 21.1 Å². The molecule has 0 saturated carbocycles. The summed E-state index contributed by atoms with van der Waals surface area (Å²) in [6, 6.07) is 48.1. The van der Waals surface area contributed by atoms with Gasteiger partial charge in [-0.05, 0) is 23.3 Å². The molecule has 6 aromatic carbocycles. The molecule has 48 heavy (non-hydrogen) atoms. The van der Waals surface area contributed by atoms with Gasteiger partial charge in [0.05, 0.1) is 17.3 Å². The molecule has 0 aliphatic heterocycles. The number of aromatic hydroxyl groups is 1. The fraction of sp³-hybridized carbons (Fsp3) is 0. The Hall–Kier alpha value is -5.84. The van der Waals surface area contributed by atoms with Gasteiger partial charge in [-0.2, -0.15) is 0 Å². The molecule has 7 heteroatoms. The summed E-state index contributed by atoms with van der Waals surface area (Å²) in [6.45, 7) is 0.